The molecule has 0 aliphatic rings. The summed E-state index contributed by atoms with van der Waals surface area (Å²) in [4.78, 5) is 20.2. The Balaban J connectivity index is 0. The molecule has 0 atom stereocenters. The van der Waals surface area contributed by atoms with Crippen LogP contribution in [0.2, 0.25) is 8.87 Å². The molecule has 0 spiro atoms. The molecule has 0 aliphatic heterocycles. The van der Waals surface area contributed by atoms with E-state index in [1.807, 2.05) is 0 Å². The van der Waals surface area contributed by atoms with E-state index in [2.05, 4.69) is 13.8 Å². The minimum Gasteiger partial charge on any atom is -0.545 e. The molecule has 2 aromatic carbocycles. The molecule has 0 aliphatic carbocycles. The molecule has 0 saturated heterocycles. The predicted molar refractivity (Wildman–Crippen MR) is 112 cm³/mol. The number of rotatable bonds is 8. The van der Waals surface area contributed by atoms with Gasteiger partial charge in [-0.25, -0.2) is 0 Å². The van der Waals surface area contributed by atoms with Crippen molar-refractivity contribution in [3.05, 3.63) is 71.8 Å². The first kappa shape index (κ1) is 29.2. The van der Waals surface area contributed by atoms with Crippen LogP contribution in [-0.4, -0.2) is 57.0 Å². The molecule has 0 heterocycles. The fourth-order valence-electron chi connectivity index (χ4n) is 1.88. The Bertz CT molecular complexity index is 563. The molecule has 0 radical (unpaired) electrons. The second-order valence-corrected chi connectivity index (χ2v) is 10.0. The number of benzene rings is 2. The molecular formula is C22H28O4Sn2+4. The molecular weight excluding hydrogens is 566 g/mol. The number of carbonyl (C=O) groups is 2. The fourth-order valence-corrected chi connectivity index (χ4v) is 6.04. The van der Waals surface area contributed by atoms with Crippen LogP contribution in [0.25, 0.3) is 0 Å². The molecule has 0 unspecified atom stereocenters. The summed E-state index contributed by atoms with van der Waals surface area (Å²) in [7, 11) is 0. The van der Waals surface area contributed by atoms with E-state index in [0.29, 0.717) is 0 Å². The molecule has 2 rings (SSSR count). The van der Waals surface area contributed by atoms with Gasteiger partial charge in [0.1, 0.15) is 0 Å². The van der Waals surface area contributed by atoms with Crippen molar-refractivity contribution < 1.29 is 19.8 Å². The number of carbonyl (C=O) groups excluding carboxylic acids is 2. The van der Waals surface area contributed by atoms with E-state index in [-0.39, 0.29) is 56.2 Å². The van der Waals surface area contributed by atoms with Crippen LogP contribution in [0.4, 0.5) is 0 Å². The summed E-state index contributed by atoms with van der Waals surface area (Å²) in [6.45, 7) is 4.58. The van der Waals surface area contributed by atoms with Crippen molar-refractivity contribution in [1.82, 2.24) is 0 Å². The molecule has 0 bridgehead atoms. The van der Waals surface area contributed by atoms with Gasteiger partial charge in [-0.1, -0.05) is 60.7 Å². The van der Waals surface area contributed by atoms with Crippen molar-refractivity contribution in [1.29, 1.82) is 0 Å². The summed E-state index contributed by atoms with van der Waals surface area (Å²) in [5, 5.41) is 20.2. The SMILES string of the molecule is CCC[CH2][Sn+2][CH2]CCC.O=C([O-])c1ccccc1.O=C([O-])c1ccccc1.[Sn+4]. The molecule has 144 valence electrons. The topological polar surface area (TPSA) is 80.3 Å². The average Bonchev–Trinajstić information content (AvgIpc) is 2.70. The standard InChI is InChI=1S/2C7H6O2.2C4H9.2Sn/c2*8-7(9)6-4-2-1-3-5-6;2*1-3-4-2;;/h2*1-5H,(H,8,9);2*1,3-4H2,2H3;;/q;;;;+2;+4/p-2. The van der Waals surface area contributed by atoms with E-state index >= 15 is 0 Å². The fraction of sp³-hybridized carbons (Fsp3) is 0.364. The Morgan fingerprint density at radius 1 is 0.714 bits per heavy atom. The summed E-state index contributed by atoms with van der Waals surface area (Å²) < 4.78 is 3.25. The van der Waals surface area contributed by atoms with Crippen LogP contribution in [0.3, 0.4) is 0 Å². The molecule has 0 amide bonds. The first-order chi connectivity index (χ1) is 13.0. The zero-order valence-electron chi connectivity index (χ0n) is 16.6. The van der Waals surface area contributed by atoms with Gasteiger partial charge in [0, 0.05) is 0 Å². The van der Waals surface area contributed by atoms with Gasteiger partial charge < -0.3 is 19.8 Å². The third-order valence-corrected chi connectivity index (χ3v) is 7.47. The molecule has 28 heavy (non-hydrogen) atoms. The van der Waals surface area contributed by atoms with Gasteiger partial charge in [0.2, 0.25) is 0 Å². The van der Waals surface area contributed by atoms with Crippen molar-refractivity contribution in [2.24, 2.45) is 0 Å². The second-order valence-electron chi connectivity index (χ2n) is 5.76. The van der Waals surface area contributed by atoms with Crippen molar-refractivity contribution in [2.45, 2.75) is 48.4 Å². The summed E-state index contributed by atoms with van der Waals surface area (Å²) in [5.74, 6) is -2.26. The van der Waals surface area contributed by atoms with Crippen molar-refractivity contribution in [3.8, 4) is 0 Å². The van der Waals surface area contributed by atoms with E-state index in [4.69, 9.17) is 0 Å². The number of carboxylic acid groups (broad SMARTS) is 2. The van der Waals surface area contributed by atoms with Crippen molar-refractivity contribution in [3.63, 3.8) is 0 Å². The number of hydrogen-bond donors (Lipinski definition) is 0. The number of hydrogen-bond acceptors (Lipinski definition) is 4. The van der Waals surface area contributed by atoms with Gasteiger partial charge in [-0.05, 0) is 11.1 Å². The van der Waals surface area contributed by atoms with E-state index < -0.39 is 11.9 Å². The maximum atomic E-state index is 10.1. The minimum atomic E-state index is -1.13. The number of aromatic carboxylic acids is 2. The van der Waals surface area contributed by atoms with Crippen molar-refractivity contribution in [2.75, 3.05) is 0 Å². The normalized spacial score (nSPS) is 8.64. The van der Waals surface area contributed by atoms with Gasteiger partial charge in [-0.15, -0.1) is 0 Å². The van der Waals surface area contributed by atoms with E-state index in [0.717, 1.165) is 0 Å². The third-order valence-electron chi connectivity index (χ3n) is 3.43. The van der Waals surface area contributed by atoms with Crippen LogP contribution in [0.1, 0.15) is 60.2 Å². The quantitative estimate of drug-likeness (QED) is 0.348. The Labute approximate surface area is 195 Å². The van der Waals surface area contributed by atoms with Crippen LogP contribution in [-0.2, 0) is 0 Å². The molecule has 2 aromatic rings. The average molecular weight is 594 g/mol. The molecule has 0 aromatic heterocycles. The monoisotopic (exact) mass is 596 g/mol. The molecule has 6 heteroatoms. The largest absolute Gasteiger partial charge is 4.00 e. The van der Waals surface area contributed by atoms with Crippen LogP contribution < -0.4 is 10.2 Å². The van der Waals surface area contributed by atoms with Crippen LogP contribution in [0.5, 0.6) is 0 Å². The summed E-state index contributed by atoms with van der Waals surface area (Å²) in [6.07, 6.45) is 5.84. The second kappa shape index (κ2) is 20.7. The van der Waals surface area contributed by atoms with E-state index in [1.54, 1.807) is 45.3 Å². The zero-order valence-corrected chi connectivity index (χ0v) is 22.4. The summed E-state index contributed by atoms with van der Waals surface area (Å²) in [5.41, 5.74) is 0.440. The van der Waals surface area contributed by atoms with Gasteiger partial charge in [0.25, 0.3) is 0 Å². The van der Waals surface area contributed by atoms with E-state index in [9.17, 15) is 19.8 Å². The summed E-state index contributed by atoms with van der Waals surface area (Å²) in [6, 6.07) is 16.1. The van der Waals surface area contributed by atoms with Crippen LogP contribution in [0, 0.1) is 0 Å². The molecule has 0 saturated carbocycles. The van der Waals surface area contributed by atoms with Crippen LogP contribution >= 0.6 is 0 Å². The van der Waals surface area contributed by atoms with Crippen LogP contribution in [0.15, 0.2) is 60.7 Å². The molecule has 4 nitrogen and oxygen atoms in total. The Morgan fingerprint density at radius 3 is 1.25 bits per heavy atom. The Morgan fingerprint density at radius 2 is 1.04 bits per heavy atom. The smallest absolute Gasteiger partial charge is 0.545 e. The third kappa shape index (κ3) is 17.1. The first-order valence-corrected chi connectivity index (χ1v) is 13.3. The maximum absolute atomic E-state index is 10.1. The Hall–Kier alpha value is -1.02. The van der Waals surface area contributed by atoms with Gasteiger partial charge in [0.15, 0.2) is 0 Å². The maximum Gasteiger partial charge on any atom is 4.00 e. The van der Waals surface area contributed by atoms with E-state index in [1.165, 1.54) is 49.9 Å². The van der Waals surface area contributed by atoms with Crippen molar-refractivity contribution >= 4 is 57.0 Å². The van der Waals surface area contributed by atoms with Gasteiger partial charge in [-0.3, -0.25) is 0 Å². The number of unbranched alkanes of at least 4 members (excludes halogenated alkanes) is 2. The Kier molecular flexibility index (Phi) is 21.6. The predicted octanol–water partition coefficient (Wildman–Crippen LogP) is 2.85. The molecule has 0 fully saturated rings. The first-order valence-electron chi connectivity index (χ1n) is 9.26. The van der Waals surface area contributed by atoms with Gasteiger partial charge in [0.05, 0.1) is 11.9 Å². The number of carboxylic acids is 2. The van der Waals surface area contributed by atoms with Gasteiger partial charge >= 0.3 is 93.5 Å². The minimum absolute atomic E-state index is 0. The van der Waals surface area contributed by atoms with Gasteiger partial charge in [-0.2, -0.15) is 0 Å². The zero-order chi connectivity index (χ0) is 20.3. The summed E-state index contributed by atoms with van der Waals surface area (Å²) >= 11 is 0.149. The molecule has 0 N–H and O–H groups in total.